The zero-order valence-electron chi connectivity index (χ0n) is 15.1. The van der Waals surface area contributed by atoms with E-state index in [2.05, 4.69) is 36.9 Å². The number of aryl methyl sites for hydroxylation is 1. The first-order valence-electron chi connectivity index (χ1n) is 9.73. The second-order valence-corrected chi connectivity index (χ2v) is 9.22. The number of benzene rings is 1. The van der Waals surface area contributed by atoms with Crippen molar-refractivity contribution in [3.8, 4) is 0 Å². The van der Waals surface area contributed by atoms with Gasteiger partial charge in [-0.25, -0.2) is 0 Å². The molecule has 3 rings (SSSR count). The Morgan fingerprint density at radius 1 is 1.25 bits per heavy atom. The van der Waals surface area contributed by atoms with Gasteiger partial charge < -0.3 is 10.8 Å². The van der Waals surface area contributed by atoms with Crippen LogP contribution >= 0.6 is 11.8 Å². The van der Waals surface area contributed by atoms with E-state index in [1.807, 2.05) is 0 Å². The molecule has 0 bridgehead atoms. The van der Waals surface area contributed by atoms with E-state index in [4.69, 9.17) is 5.73 Å². The minimum Gasteiger partial charge on any atom is -0.394 e. The first kappa shape index (κ1) is 18.3. The van der Waals surface area contributed by atoms with E-state index < -0.39 is 0 Å². The van der Waals surface area contributed by atoms with Gasteiger partial charge in [0.2, 0.25) is 0 Å². The van der Waals surface area contributed by atoms with Crippen molar-refractivity contribution in [1.82, 2.24) is 0 Å². The van der Waals surface area contributed by atoms with Crippen LogP contribution in [-0.4, -0.2) is 28.8 Å². The molecule has 2 nitrogen and oxygen atoms in total. The maximum absolute atomic E-state index is 9.49. The Labute approximate surface area is 151 Å². The molecule has 3 N–H and O–H groups in total. The van der Waals surface area contributed by atoms with Crippen LogP contribution in [0.1, 0.15) is 68.1 Å². The molecule has 3 heteroatoms. The van der Waals surface area contributed by atoms with Gasteiger partial charge in [0.05, 0.1) is 6.61 Å². The maximum Gasteiger partial charge on any atom is 0.0611 e. The SMILES string of the molecule is CCCSCC[C@H]1CCc2cc(C3CC[C@](N)(CO)C3)ccc2C1. The first-order chi connectivity index (χ1) is 11.6. The van der Waals surface area contributed by atoms with Crippen LogP contribution in [0.3, 0.4) is 0 Å². The lowest BCUT2D eigenvalue weighted by Crippen LogP contribution is -2.40. The second-order valence-electron chi connectivity index (χ2n) is 8.00. The van der Waals surface area contributed by atoms with Crippen LogP contribution in [0.5, 0.6) is 0 Å². The average Bonchev–Trinajstić information content (AvgIpc) is 3.01. The molecule has 1 aromatic rings. The summed E-state index contributed by atoms with van der Waals surface area (Å²) in [6.07, 6.45) is 9.53. The highest BCUT2D eigenvalue weighted by atomic mass is 32.2. The fourth-order valence-electron chi connectivity index (χ4n) is 4.43. The Morgan fingerprint density at radius 3 is 2.88 bits per heavy atom. The molecule has 1 saturated carbocycles. The number of hydrogen-bond acceptors (Lipinski definition) is 3. The molecule has 1 fully saturated rings. The third-order valence-electron chi connectivity index (χ3n) is 6.01. The van der Waals surface area contributed by atoms with E-state index in [0.717, 1.165) is 25.2 Å². The summed E-state index contributed by atoms with van der Waals surface area (Å²) in [5.74, 6) is 4.05. The Balaban J connectivity index is 1.58. The summed E-state index contributed by atoms with van der Waals surface area (Å²) < 4.78 is 0. The molecule has 0 heterocycles. The number of nitrogens with two attached hydrogens (primary N) is 1. The molecule has 2 aliphatic carbocycles. The number of rotatable bonds is 7. The summed E-state index contributed by atoms with van der Waals surface area (Å²) in [7, 11) is 0. The Hall–Kier alpha value is -0.510. The van der Waals surface area contributed by atoms with Crippen molar-refractivity contribution in [1.29, 1.82) is 0 Å². The number of hydrogen-bond donors (Lipinski definition) is 2. The van der Waals surface area contributed by atoms with Crippen LogP contribution in [0, 0.1) is 5.92 Å². The predicted molar refractivity (Wildman–Crippen MR) is 105 cm³/mol. The molecule has 0 aromatic heterocycles. The van der Waals surface area contributed by atoms with E-state index >= 15 is 0 Å². The molecule has 0 saturated heterocycles. The van der Waals surface area contributed by atoms with Crippen LogP contribution in [0.15, 0.2) is 18.2 Å². The molecular formula is C21H33NOS. The Kier molecular flexibility index (Phi) is 6.28. The number of thioether (sulfide) groups is 1. The zero-order chi connectivity index (χ0) is 17.0. The van der Waals surface area contributed by atoms with Gasteiger partial charge in [0.25, 0.3) is 0 Å². The Bertz CT molecular complexity index is 547. The molecule has 0 radical (unpaired) electrons. The van der Waals surface area contributed by atoms with Crippen molar-refractivity contribution in [3.05, 3.63) is 34.9 Å². The summed E-state index contributed by atoms with van der Waals surface area (Å²) in [5, 5.41) is 9.49. The molecule has 134 valence electrons. The van der Waals surface area contributed by atoms with Gasteiger partial charge in [0.15, 0.2) is 0 Å². The molecule has 0 aliphatic heterocycles. The van der Waals surface area contributed by atoms with E-state index in [9.17, 15) is 5.11 Å². The van der Waals surface area contributed by atoms with Gasteiger partial charge in [-0.05, 0) is 91.4 Å². The van der Waals surface area contributed by atoms with Gasteiger partial charge in [-0.15, -0.1) is 0 Å². The Morgan fingerprint density at radius 2 is 2.12 bits per heavy atom. The molecular weight excluding hydrogens is 314 g/mol. The van der Waals surface area contributed by atoms with E-state index in [1.165, 1.54) is 49.2 Å². The highest BCUT2D eigenvalue weighted by Crippen LogP contribution is 2.40. The van der Waals surface area contributed by atoms with Gasteiger partial charge in [-0.1, -0.05) is 25.1 Å². The van der Waals surface area contributed by atoms with Crippen molar-refractivity contribution < 1.29 is 5.11 Å². The molecule has 2 aliphatic rings. The van der Waals surface area contributed by atoms with Crippen LogP contribution in [0.4, 0.5) is 0 Å². The molecule has 0 amide bonds. The average molecular weight is 348 g/mol. The van der Waals surface area contributed by atoms with Gasteiger partial charge in [-0.3, -0.25) is 0 Å². The third-order valence-corrected chi connectivity index (χ3v) is 7.23. The minimum atomic E-state index is -0.345. The summed E-state index contributed by atoms with van der Waals surface area (Å²) in [5.41, 5.74) is 10.5. The number of aliphatic hydroxyl groups excluding tert-OH is 1. The van der Waals surface area contributed by atoms with Crippen molar-refractivity contribution in [2.45, 2.75) is 69.7 Å². The van der Waals surface area contributed by atoms with Crippen molar-refractivity contribution in [3.63, 3.8) is 0 Å². The summed E-state index contributed by atoms with van der Waals surface area (Å²) in [6, 6.07) is 7.16. The van der Waals surface area contributed by atoms with Crippen LogP contribution in [0.2, 0.25) is 0 Å². The van der Waals surface area contributed by atoms with Crippen molar-refractivity contribution in [2.75, 3.05) is 18.1 Å². The lowest BCUT2D eigenvalue weighted by molar-refractivity contribution is 0.198. The molecule has 1 unspecified atom stereocenters. The van der Waals surface area contributed by atoms with Crippen LogP contribution < -0.4 is 5.73 Å². The zero-order valence-corrected chi connectivity index (χ0v) is 15.9. The lowest BCUT2D eigenvalue weighted by Gasteiger charge is -2.26. The highest BCUT2D eigenvalue weighted by Gasteiger charge is 2.36. The van der Waals surface area contributed by atoms with Crippen LogP contribution in [0.25, 0.3) is 0 Å². The molecule has 3 atom stereocenters. The first-order valence-corrected chi connectivity index (χ1v) is 10.9. The minimum absolute atomic E-state index is 0.117. The standard InChI is InChI=1S/C21H33NOS/c1-2-10-24-11-8-16-3-4-18-13-19(6-5-17(18)12-16)20-7-9-21(22,14-20)15-23/h5-6,13,16,20,23H,2-4,7-12,14-15,22H2,1H3/t16-,20?,21-/m1/s1. The topological polar surface area (TPSA) is 46.2 Å². The molecule has 24 heavy (non-hydrogen) atoms. The van der Waals surface area contributed by atoms with Gasteiger partial charge in [0, 0.05) is 5.54 Å². The van der Waals surface area contributed by atoms with Gasteiger partial charge >= 0.3 is 0 Å². The predicted octanol–water partition coefficient (Wildman–Crippen LogP) is 4.28. The van der Waals surface area contributed by atoms with Gasteiger partial charge in [-0.2, -0.15) is 11.8 Å². The van der Waals surface area contributed by atoms with E-state index in [-0.39, 0.29) is 12.1 Å². The van der Waals surface area contributed by atoms with Crippen molar-refractivity contribution in [2.24, 2.45) is 11.7 Å². The third kappa shape index (κ3) is 4.36. The summed E-state index contributed by atoms with van der Waals surface area (Å²) in [6.45, 7) is 2.38. The monoisotopic (exact) mass is 347 g/mol. The van der Waals surface area contributed by atoms with E-state index in [0.29, 0.717) is 5.92 Å². The largest absolute Gasteiger partial charge is 0.394 e. The normalized spacial score (nSPS) is 29.6. The number of fused-ring (bicyclic) bond motifs is 1. The summed E-state index contributed by atoms with van der Waals surface area (Å²) >= 11 is 2.12. The number of aliphatic hydroxyl groups is 1. The van der Waals surface area contributed by atoms with E-state index in [1.54, 1.807) is 11.1 Å². The quantitative estimate of drug-likeness (QED) is 0.724. The fourth-order valence-corrected chi connectivity index (χ4v) is 5.42. The lowest BCUT2D eigenvalue weighted by atomic mass is 9.80. The smallest absolute Gasteiger partial charge is 0.0611 e. The van der Waals surface area contributed by atoms with Crippen LogP contribution in [-0.2, 0) is 12.8 Å². The maximum atomic E-state index is 9.49. The molecule has 0 spiro atoms. The summed E-state index contributed by atoms with van der Waals surface area (Å²) in [4.78, 5) is 0. The van der Waals surface area contributed by atoms with Gasteiger partial charge in [0.1, 0.15) is 0 Å². The van der Waals surface area contributed by atoms with Crippen molar-refractivity contribution >= 4 is 11.8 Å². The fraction of sp³-hybridized carbons (Fsp3) is 0.714. The molecule has 1 aromatic carbocycles. The second kappa shape index (κ2) is 8.25. The highest BCUT2D eigenvalue weighted by molar-refractivity contribution is 7.99.